The van der Waals surface area contributed by atoms with E-state index in [2.05, 4.69) is 45.1 Å². The molecule has 0 aliphatic carbocycles. The molecule has 0 N–H and O–H groups in total. The van der Waals surface area contributed by atoms with E-state index in [1.807, 2.05) is 0 Å². The third-order valence-corrected chi connectivity index (χ3v) is 11.7. The first-order valence-electron chi connectivity index (χ1n) is 26.4. The van der Waals surface area contributed by atoms with E-state index in [1.54, 1.807) is 0 Å². The van der Waals surface area contributed by atoms with Gasteiger partial charge in [-0.15, -0.1) is 0 Å². The van der Waals surface area contributed by atoms with Gasteiger partial charge in [0, 0.05) is 19.3 Å². The maximum atomic E-state index is 12.8. The van der Waals surface area contributed by atoms with Gasteiger partial charge in [0.25, 0.3) is 0 Å². The molecule has 0 spiro atoms. The number of hydrogen-bond acceptors (Lipinski definition) is 6. The zero-order valence-electron chi connectivity index (χ0n) is 40.2. The smallest absolute Gasteiger partial charge is 0.306 e. The van der Waals surface area contributed by atoms with E-state index in [0.717, 1.165) is 64.2 Å². The molecular weight excluding hydrogens is 745 g/mol. The summed E-state index contributed by atoms with van der Waals surface area (Å²) in [6, 6.07) is 0. The van der Waals surface area contributed by atoms with Gasteiger partial charge in [-0.25, -0.2) is 0 Å². The molecule has 0 aromatic rings. The fourth-order valence-electron chi connectivity index (χ4n) is 7.73. The highest BCUT2D eigenvalue weighted by atomic mass is 16.6. The Kier molecular flexibility index (Phi) is 47.8. The first kappa shape index (κ1) is 57.9. The van der Waals surface area contributed by atoms with Crippen molar-refractivity contribution < 1.29 is 28.6 Å². The van der Waals surface area contributed by atoms with Crippen LogP contribution in [0.1, 0.15) is 284 Å². The Bertz CT molecular complexity index is 973. The predicted octanol–water partition coefficient (Wildman–Crippen LogP) is 17.2. The molecule has 0 aromatic carbocycles. The second kappa shape index (κ2) is 49.5. The largest absolute Gasteiger partial charge is 0.462 e. The van der Waals surface area contributed by atoms with E-state index in [0.29, 0.717) is 19.3 Å². The molecule has 0 bridgehead atoms. The SMILES string of the molecule is CCCCC/C=C\C=C/CCCCCCCCC(=O)OCC(COC(=O)CCCCCCCCCCCCCCC)OC(=O)CCCCCCCCCCCCCCCC. The van der Waals surface area contributed by atoms with Crippen LogP contribution in [0, 0.1) is 0 Å². The Balaban J connectivity index is 4.35. The summed E-state index contributed by atoms with van der Waals surface area (Å²) in [6.07, 6.45) is 55.8. The Morgan fingerprint density at radius 1 is 0.333 bits per heavy atom. The Morgan fingerprint density at radius 3 is 0.917 bits per heavy atom. The summed E-state index contributed by atoms with van der Waals surface area (Å²) in [5.41, 5.74) is 0. The van der Waals surface area contributed by atoms with Crippen LogP contribution in [0.25, 0.3) is 0 Å². The van der Waals surface area contributed by atoms with Crippen LogP contribution in [0.5, 0.6) is 0 Å². The highest BCUT2D eigenvalue weighted by molar-refractivity contribution is 5.71. The lowest BCUT2D eigenvalue weighted by molar-refractivity contribution is -0.167. The molecule has 0 rings (SSSR count). The van der Waals surface area contributed by atoms with Gasteiger partial charge in [0.1, 0.15) is 13.2 Å². The van der Waals surface area contributed by atoms with Crippen molar-refractivity contribution in [3.8, 4) is 0 Å². The molecule has 1 atom stereocenters. The summed E-state index contributed by atoms with van der Waals surface area (Å²) in [6.45, 7) is 6.63. The second-order valence-corrected chi connectivity index (χ2v) is 17.8. The van der Waals surface area contributed by atoms with Crippen molar-refractivity contribution in [1.82, 2.24) is 0 Å². The molecular formula is C54H100O6. The van der Waals surface area contributed by atoms with E-state index < -0.39 is 6.10 Å². The van der Waals surface area contributed by atoms with E-state index in [9.17, 15) is 14.4 Å². The molecule has 0 saturated carbocycles. The van der Waals surface area contributed by atoms with Crippen LogP contribution in [0.2, 0.25) is 0 Å². The lowest BCUT2D eigenvalue weighted by Crippen LogP contribution is -2.30. The van der Waals surface area contributed by atoms with Gasteiger partial charge in [0.2, 0.25) is 0 Å². The quantitative estimate of drug-likeness (QED) is 0.0263. The summed E-state index contributed by atoms with van der Waals surface area (Å²) in [5.74, 6) is -0.866. The minimum absolute atomic E-state index is 0.0700. The fourth-order valence-corrected chi connectivity index (χ4v) is 7.73. The standard InChI is InChI=1S/C54H100O6/c1-4-7-10-13-16-19-22-25-27-30-32-35-38-41-44-47-53(56)59-50-51(49-58-52(55)46-43-40-37-34-31-28-24-21-18-15-12-9-6-3)60-54(57)48-45-42-39-36-33-29-26-23-20-17-14-11-8-5-2/h16,19,22,25,51H,4-15,17-18,20-21,23-24,26-50H2,1-3H3/b19-16-,25-22-. The van der Waals surface area contributed by atoms with Crippen molar-refractivity contribution in [2.24, 2.45) is 0 Å². The molecule has 1 unspecified atom stereocenters. The number of ether oxygens (including phenoxy) is 3. The first-order valence-corrected chi connectivity index (χ1v) is 26.4. The lowest BCUT2D eigenvalue weighted by Gasteiger charge is -2.18. The van der Waals surface area contributed by atoms with E-state index in [-0.39, 0.29) is 31.1 Å². The van der Waals surface area contributed by atoms with Crippen molar-refractivity contribution >= 4 is 17.9 Å². The zero-order chi connectivity index (χ0) is 43.7. The summed E-state index contributed by atoms with van der Waals surface area (Å²) >= 11 is 0. The van der Waals surface area contributed by atoms with Gasteiger partial charge in [-0.2, -0.15) is 0 Å². The minimum Gasteiger partial charge on any atom is -0.462 e. The summed E-state index contributed by atoms with van der Waals surface area (Å²) in [5, 5.41) is 0. The molecule has 6 nitrogen and oxygen atoms in total. The molecule has 0 aromatic heterocycles. The molecule has 0 aliphatic rings. The Labute approximate surface area is 373 Å². The second-order valence-electron chi connectivity index (χ2n) is 17.8. The minimum atomic E-state index is -0.769. The molecule has 0 amide bonds. The van der Waals surface area contributed by atoms with Crippen LogP contribution in [0.15, 0.2) is 24.3 Å². The molecule has 0 heterocycles. The van der Waals surface area contributed by atoms with Crippen LogP contribution in [-0.2, 0) is 28.6 Å². The van der Waals surface area contributed by atoms with Gasteiger partial charge in [-0.05, 0) is 44.9 Å². The predicted molar refractivity (Wildman–Crippen MR) is 256 cm³/mol. The van der Waals surface area contributed by atoms with E-state index in [4.69, 9.17) is 14.2 Å². The first-order chi connectivity index (χ1) is 29.5. The molecule has 0 fully saturated rings. The van der Waals surface area contributed by atoms with Crippen molar-refractivity contribution in [2.75, 3.05) is 13.2 Å². The number of hydrogen-bond donors (Lipinski definition) is 0. The third-order valence-electron chi connectivity index (χ3n) is 11.7. The van der Waals surface area contributed by atoms with Crippen molar-refractivity contribution in [2.45, 2.75) is 290 Å². The van der Waals surface area contributed by atoms with Gasteiger partial charge in [0.15, 0.2) is 6.10 Å². The number of esters is 3. The topological polar surface area (TPSA) is 78.9 Å². The van der Waals surface area contributed by atoms with Gasteiger partial charge in [-0.1, -0.05) is 244 Å². The highest BCUT2D eigenvalue weighted by Gasteiger charge is 2.19. The molecule has 0 aliphatic heterocycles. The van der Waals surface area contributed by atoms with E-state index in [1.165, 1.54) is 180 Å². The number of unbranched alkanes of at least 4 members (excludes halogenated alkanes) is 34. The average Bonchev–Trinajstić information content (AvgIpc) is 3.24. The average molecular weight is 845 g/mol. The summed E-state index contributed by atoms with van der Waals surface area (Å²) in [4.78, 5) is 38.0. The molecule has 6 heteroatoms. The maximum Gasteiger partial charge on any atom is 0.306 e. The van der Waals surface area contributed by atoms with Gasteiger partial charge in [0.05, 0.1) is 0 Å². The molecule has 352 valence electrons. The molecule has 0 saturated heterocycles. The maximum absolute atomic E-state index is 12.8. The van der Waals surface area contributed by atoms with Gasteiger partial charge < -0.3 is 14.2 Å². The number of rotatable bonds is 48. The van der Waals surface area contributed by atoms with Crippen molar-refractivity contribution in [1.29, 1.82) is 0 Å². The van der Waals surface area contributed by atoms with Crippen molar-refractivity contribution in [3.05, 3.63) is 24.3 Å². The number of allylic oxidation sites excluding steroid dienone is 4. The Hall–Kier alpha value is -2.11. The van der Waals surface area contributed by atoms with Crippen LogP contribution in [-0.4, -0.2) is 37.2 Å². The van der Waals surface area contributed by atoms with Gasteiger partial charge in [-0.3, -0.25) is 14.4 Å². The van der Waals surface area contributed by atoms with Crippen LogP contribution < -0.4 is 0 Å². The number of carbonyl (C=O) groups excluding carboxylic acids is 3. The van der Waals surface area contributed by atoms with Crippen LogP contribution in [0.4, 0.5) is 0 Å². The van der Waals surface area contributed by atoms with Crippen LogP contribution in [0.3, 0.4) is 0 Å². The Morgan fingerprint density at radius 2 is 0.583 bits per heavy atom. The third kappa shape index (κ3) is 46.9. The normalized spacial score (nSPS) is 12.1. The van der Waals surface area contributed by atoms with Gasteiger partial charge >= 0.3 is 17.9 Å². The lowest BCUT2D eigenvalue weighted by atomic mass is 10.0. The van der Waals surface area contributed by atoms with Crippen molar-refractivity contribution in [3.63, 3.8) is 0 Å². The molecule has 0 radical (unpaired) electrons. The summed E-state index contributed by atoms with van der Waals surface area (Å²) in [7, 11) is 0. The zero-order valence-corrected chi connectivity index (χ0v) is 40.2. The molecule has 60 heavy (non-hydrogen) atoms. The van der Waals surface area contributed by atoms with E-state index >= 15 is 0 Å². The highest BCUT2D eigenvalue weighted by Crippen LogP contribution is 2.16. The number of carbonyl (C=O) groups is 3. The van der Waals surface area contributed by atoms with Crippen LogP contribution >= 0.6 is 0 Å². The fraction of sp³-hybridized carbons (Fsp3) is 0.870. The monoisotopic (exact) mass is 845 g/mol. The summed E-state index contributed by atoms with van der Waals surface area (Å²) < 4.78 is 16.8.